The van der Waals surface area contributed by atoms with Crippen LogP contribution in [0.15, 0.2) is 85.3 Å². The molecule has 0 radical (unpaired) electrons. The average Bonchev–Trinajstić information content (AvgIpc) is 2.88. The summed E-state index contributed by atoms with van der Waals surface area (Å²) in [6.07, 6.45) is 6.01. The number of nitrogens with zero attached hydrogens (tertiary/aromatic N) is 3. The van der Waals surface area contributed by atoms with Crippen molar-refractivity contribution >= 4 is 11.9 Å². The van der Waals surface area contributed by atoms with Crippen molar-refractivity contribution in [3.8, 4) is 22.4 Å². The molecule has 7 nitrogen and oxygen atoms in total. The number of hydrogen-bond donors (Lipinski definition) is 3. The van der Waals surface area contributed by atoms with Crippen molar-refractivity contribution < 1.29 is 4.79 Å². The number of aryl methyl sites for hydroxylation is 1. The highest BCUT2D eigenvalue weighted by atomic mass is 16.1. The number of aromatic nitrogens is 3. The van der Waals surface area contributed by atoms with Gasteiger partial charge in [-0.2, -0.15) is 0 Å². The number of amides is 1. The normalized spacial score (nSPS) is 11.6. The Balaban J connectivity index is 1.60. The Labute approximate surface area is 199 Å². The molecule has 172 valence electrons. The molecule has 0 spiro atoms. The SMILES string of the molecule is Cc1cccc(-c2cnc(NC[C@H](Cc3ccccc3)NC(=O)CN)nc2-c2ccncc2)c1. The number of nitrogens with two attached hydrogens (primary N) is 1. The fraction of sp³-hybridized carbons (Fsp3) is 0.185. The molecule has 34 heavy (non-hydrogen) atoms. The van der Waals surface area contributed by atoms with Gasteiger partial charge in [-0.3, -0.25) is 9.78 Å². The summed E-state index contributed by atoms with van der Waals surface area (Å²) in [5, 5.41) is 6.29. The molecule has 4 aromatic rings. The van der Waals surface area contributed by atoms with E-state index in [1.807, 2.05) is 54.7 Å². The first-order valence-electron chi connectivity index (χ1n) is 11.2. The number of pyridine rings is 1. The van der Waals surface area contributed by atoms with Crippen LogP contribution in [0.2, 0.25) is 0 Å². The number of anilines is 1. The molecule has 4 rings (SSSR count). The molecule has 0 saturated carbocycles. The largest absolute Gasteiger partial charge is 0.352 e. The lowest BCUT2D eigenvalue weighted by molar-refractivity contribution is -0.120. The first kappa shape index (κ1) is 23.1. The van der Waals surface area contributed by atoms with Crippen LogP contribution in [0.5, 0.6) is 0 Å². The first-order chi connectivity index (χ1) is 16.6. The summed E-state index contributed by atoms with van der Waals surface area (Å²) in [5.74, 6) is 0.291. The van der Waals surface area contributed by atoms with Gasteiger partial charge in [-0.25, -0.2) is 9.97 Å². The molecule has 0 fully saturated rings. The van der Waals surface area contributed by atoms with E-state index in [4.69, 9.17) is 10.7 Å². The van der Waals surface area contributed by atoms with Crippen LogP contribution >= 0.6 is 0 Å². The monoisotopic (exact) mass is 452 g/mol. The van der Waals surface area contributed by atoms with E-state index < -0.39 is 0 Å². The maximum Gasteiger partial charge on any atom is 0.234 e. The van der Waals surface area contributed by atoms with Crippen LogP contribution in [-0.2, 0) is 11.2 Å². The highest BCUT2D eigenvalue weighted by molar-refractivity contribution is 5.81. The molecule has 2 aromatic heterocycles. The summed E-state index contributed by atoms with van der Waals surface area (Å²) in [6.45, 7) is 2.47. The van der Waals surface area contributed by atoms with E-state index in [0.717, 1.165) is 27.9 Å². The van der Waals surface area contributed by atoms with Gasteiger partial charge in [0.1, 0.15) is 0 Å². The zero-order valence-electron chi connectivity index (χ0n) is 19.1. The maximum atomic E-state index is 12.0. The second-order valence-electron chi connectivity index (χ2n) is 8.10. The topological polar surface area (TPSA) is 106 Å². The third-order valence-electron chi connectivity index (χ3n) is 5.45. The summed E-state index contributed by atoms with van der Waals surface area (Å²) in [6, 6.07) is 22.0. The predicted molar refractivity (Wildman–Crippen MR) is 135 cm³/mol. The van der Waals surface area contributed by atoms with Gasteiger partial charge in [0.25, 0.3) is 0 Å². The molecule has 7 heteroatoms. The minimum atomic E-state index is -0.198. The van der Waals surface area contributed by atoms with E-state index >= 15 is 0 Å². The van der Waals surface area contributed by atoms with Crippen molar-refractivity contribution in [2.45, 2.75) is 19.4 Å². The molecular weight excluding hydrogens is 424 g/mol. The summed E-state index contributed by atoms with van der Waals surface area (Å²) in [4.78, 5) is 25.5. The lowest BCUT2D eigenvalue weighted by Crippen LogP contribution is -2.44. The fourth-order valence-electron chi connectivity index (χ4n) is 3.79. The number of carbonyl (C=O) groups excluding carboxylic acids is 1. The van der Waals surface area contributed by atoms with Gasteiger partial charge in [0.15, 0.2) is 0 Å². The third-order valence-corrected chi connectivity index (χ3v) is 5.45. The summed E-state index contributed by atoms with van der Waals surface area (Å²) < 4.78 is 0. The van der Waals surface area contributed by atoms with Crippen molar-refractivity contribution in [2.24, 2.45) is 5.73 Å². The molecule has 0 aliphatic heterocycles. The molecule has 1 atom stereocenters. The van der Waals surface area contributed by atoms with Crippen LogP contribution in [0.3, 0.4) is 0 Å². The Bertz CT molecular complexity index is 1230. The number of nitrogens with one attached hydrogen (secondary N) is 2. The minimum absolute atomic E-state index is 0.0564. The van der Waals surface area contributed by atoms with Crippen LogP contribution in [-0.4, -0.2) is 40.0 Å². The number of benzene rings is 2. The Hall–Kier alpha value is -4.10. The quantitative estimate of drug-likeness (QED) is 0.358. The van der Waals surface area contributed by atoms with Gasteiger partial charge in [-0.15, -0.1) is 0 Å². The minimum Gasteiger partial charge on any atom is -0.352 e. The van der Waals surface area contributed by atoms with Crippen LogP contribution in [0, 0.1) is 6.92 Å². The van der Waals surface area contributed by atoms with Crippen molar-refractivity contribution in [3.63, 3.8) is 0 Å². The van der Waals surface area contributed by atoms with Crippen molar-refractivity contribution in [1.29, 1.82) is 0 Å². The molecule has 2 heterocycles. The Morgan fingerprint density at radius 3 is 2.53 bits per heavy atom. The van der Waals surface area contributed by atoms with Gasteiger partial charge in [-0.05, 0) is 36.6 Å². The van der Waals surface area contributed by atoms with Crippen molar-refractivity contribution in [3.05, 3.63) is 96.4 Å². The molecule has 2 aromatic carbocycles. The standard InChI is InChI=1S/C27H28N6O/c1-19-6-5-9-22(14-19)24-18-31-27(33-26(24)21-10-12-29-13-11-21)30-17-23(32-25(34)16-28)15-20-7-3-2-4-8-20/h2-14,18,23H,15-17,28H2,1H3,(H,32,34)(H,30,31,33)/t23-/m0/s1. The highest BCUT2D eigenvalue weighted by Gasteiger charge is 2.15. The number of rotatable bonds is 9. The van der Waals surface area contributed by atoms with Crippen LogP contribution < -0.4 is 16.4 Å². The van der Waals surface area contributed by atoms with Gasteiger partial charge >= 0.3 is 0 Å². The molecule has 0 aliphatic rings. The van der Waals surface area contributed by atoms with Gasteiger partial charge in [0.2, 0.25) is 11.9 Å². The lowest BCUT2D eigenvalue weighted by Gasteiger charge is -2.20. The lowest BCUT2D eigenvalue weighted by atomic mass is 10.00. The van der Waals surface area contributed by atoms with Crippen LogP contribution in [0.4, 0.5) is 5.95 Å². The van der Waals surface area contributed by atoms with Gasteiger partial charge in [-0.1, -0.05) is 60.2 Å². The summed E-state index contributed by atoms with van der Waals surface area (Å²) in [5.41, 5.74) is 11.6. The van der Waals surface area contributed by atoms with E-state index in [1.165, 1.54) is 5.56 Å². The van der Waals surface area contributed by atoms with Crippen LogP contribution in [0.1, 0.15) is 11.1 Å². The molecule has 0 bridgehead atoms. The molecular formula is C27H28N6O. The zero-order valence-corrected chi connectivity index (χ0v) is 19.1. The second kappa shape index (κ2) is 11.2. The molecule has 1 amide bonds. The van der Waals surface area contributed by atoms with E-state index in [1.54, 1.807) is 12.4 Å². The third kappa shape index (κ3) is 6.02. The Morgan fingerprint density at radius 2 is 1.79 bits per heavy atom. The maximum absolute atomic E-state index is 12.0. The fourth-order valence-corrected chi connectivity index (χ4v) is 3.79. The van der Waals surface area contributed by atoms with Crippen LogP contribution in [0.25, 0.3) is 22.4 Å². The predicted octanol–water partition coefficient (Wildman–Crippen LogP) is 3.61. The summed E-state index contributed by atoms with van der Waals surface area (Å²) in [7, 11) is 0. The first-order valence-corrected chi connectivity index (χ1v) is 11.2. The number of carbonyl (C=O) groups is 1. The van der Waals surface area contributed by atoms with Gasteiger partial charge < -0.3 is 16.4 Å². The summed E-state index contributed by atoms with van der Waals surface area (Å²) >= 11 is 0. The van der Waals surface area contributed by atoms with Crippen molar-refractivity contribution in [2.75, 3.05) is 18.4 Å². The molecule has 0 saturated heterocycles. The Kier molecular flexibility index (Phi) is 7.57. The molecule has 0 aliphatic carbocycles. The van der Waals surface area contributed by atoms with E-state index in [9.17, 15) is 4.79 Å². The highest BCUT2D eigenvalue weighted by Crippen LogP contribution is 2.31. The molecule has 4 N–H and O–H groups in total. The van der Waals surface area contributed by atoms with E-state index in [0.29, 0.717) is 18.9 Å². The zero-order chi connectivity index (χ0) is 23.8. The Morgan fingerprint density at radius 1 is 1.00 bits per heavy atom. The van der Waals surface area contributed by atoms with Gasteiger partial charge in [0.05, 0.1) is 18.3 Å². The van der Waals surface area contributed by atoms with E-state index in [-0.39, 0.29) is 18.5 Å². The van der Waals surface area contributed by atoms with E-state index in [2.05, 4.69) is 45.7 Å². The average molecular weight is 453 g/mol. The second-order valence-corrected chi connectivity index (χ2v) is 8.10. The number of hydrogen-bond acceptors (Lipinski definition) is 6. The van der Waals surface area contributed by atoms with Gasteiger partial charge in [0, 0.05) is 36.3 Å². The molecule has 0 unspecified atom stereocenters. The van der Waals surface area contributed by atoms with Crippen molar-refractivity contribution in [1.82, 2.24) is 20.3 Å². The smallest absolute Gasteiger partial charge is 0.234 e.